The fraction of sp³-hybridized carbons (Fsp3) is 0.545. The van der Waals surface area contributed by atoms with Gasteiger partial charge in [0.2, 0.25) is 5.91 Å². The fourth-order valence-electron chi connectivity index (χ4n) is 1.80. The Bertz CT molecular complexity index is 437. The van der Waals surface area contributed by atoms with Gasteiger partial charge in [-0.25, -0.2) is 9.78 Å². The maximum Gasteiger partial charge on any atom is 0.356 e. The number of nitrogens with zero attached hydrogens (tertiary/aromatic N) is 2. The number of hydrogen-bond donors (Lipinski definition) is 2. The van der Waals surface area contributed by atoms with Crippen molar-refractivity contribution in [3.8, 4) is 0 Å². The maximum absolute atomic E-state index is 11.6. The number of carbonyl (C=O) groups is 2. The molecule has 0 aromatic carbocycles. The van der Waals surface area contributed by atoms with E-state index in [9.17, 15) is 9.59 Å². The summed E-state index contributed by atoms with van der Waals surface area (Å²) >= 11 is 0. The first-order valence-electron chi connectivity index (χ1n) is 5.81. The Labute approximate surface area is 104 Å². The number of hydrogen-bond acceptors (Lipinski definition) is 4. The zero-order valence-corrected chi connectivity index (χ0v) is 9.83. The molecular weight excluding hydrogens is 238 g/mol. The van der Waals surface area contributed by atoms with Gasteiger partial charge in [0.25, 0.3) is 0 Å². The van der Waals surface area contributed by atoms with Crippen LogP contribution in [0, 0.1) is 0 Å². The van der Waals surface area contributed by atoms with Crippen molar-refractivity contribution >= 4 is 11.9 Å². The van der Waals surface area contributed by atoms with Gasteiger partial charge in [-0.1, -0.05) is 0 Å². The van der Waals surface area contributed by atoms with E-state index >= 15 is 0 Å². The number of amides is 1. The van der Waals surface area contributed by atoms with Crippen LogP contribution in [0.2, 0.25) is 0 Å². The Kier molecular flexibility index (Phi) is 3.93. The summed E-state index contributed by atoms with van der Waals surface area (Å²) in [5.74, 6) is -1.16. The van der Waals surface area contributed by atoms with E-state index in [1.54, 1.807) is 4.57 Å². The summed E-state index contributed by atoms with van der Waals surface area (Å²) in [5, 5.41) is 11.4. The van der Waals surface area contributed by atoms with E-state index in [-0.39, 0.29) is 17.7 Å². The van der Waals surface area contributed by atoms with Crippen LogP contribution in [-0.4, -0.2) is 45.8 Å². The lowest BCUT2D eigenvalue weighted by Crippen LogP contribution is -2.35. The van der Waals surface area contributed by atoms with E-state index in [1.165, 1.54) is 12.5 Å². The molecule has 1 aromatic rings. The minimum Gasteiger partial charge on any atom is -0.476 e. The molecule has 1 aromatic heterocycles. The van der Waals surface area contributed by atoms with Crippen LogP contribution in [0.15, 0.2) is 12.5 Å². The van der Waals surface area contributed by atoms with Gasteiger partial charge >= 0.3 is 5.97 Å². The zero-order chi connectivity index (χ0) is 13.0. The van der Waals surface area contributed by atoms with E-state index in [2.05, 4.69) is 10.3 Å². The predicted molar refractivity (Wildman–Crippen MR) is 61.2 cm³/mol. The zero-order valence-electron chi connectivity index (χ0n) is 9.83. The molecular formula is C11H15N3O4. The Balaban J connectivity index is 1.74. The molecule has 0 unspecified atom stereocenters. The monoisotopic (exact) mass is 253 g/mol. The molecule has 1 aliphatic rings. The van der Waals surface area contributed by atoms with Crippen molar-refractivity contribution < 1.29 is 19.4 Å². The number of nitrogens with one attached hydrogen (secondary N) is 1. The molecule has 7 nitrogen and oxygen atoms in total. The first-order chi connectivity index (χ1) is 8.66. The SMILES string of the molecule is O=C(O)c1cn(CCNC(=O)[C@H]2CCCO2)cn1. The van der Waals surface area contributed by atoms with Gasteiger partial charge in [0, 0.05) is 25.9 Å². The number of carboxylic acid groups (broad SMARTS) is 1. The fourth-order valence-corrected chi connectivity index (χ4v) is 1.80. The van der Waals surface area contributed by atoms with Crippen LogP contribution in [0.1, 0.15) is 23.3 Å². The number of ether oxygens (including phenoxy) is 1. The first-order valence-corrected chi connectivity index (χ1v) is 5.81. The highest BCUT2D eigenvalue weighted by Gasteiger charge is 2.22. The molecule has 98 valence electrons. The quantitative estimate of drug-likeness (QED) is 0.762. The minimum absolute atomic E-state index is 0.000419. The normalized spacial score (nSPS) is 18.8. The molecule has 2 N–H and O–H groups in total. The third-order valence-corrected chi connectivity index (χ3v) is 2.74. The molecule has 0 radical (unpaired) electrons. The van der Waals surface area contributed by atoms with Crippen LogP contribution in [0.4, 0.5) is 0 Å². The van der Waals surface area contributed by atoms with Crippen LogP contribution in [-0.2, 0) is 16.1 Å². The van der Waals surface area contributed by atoms with Gasteiger partial charge in [0.05, 0.1) is 6.33 Å². The Hall–Kier alpha value is -1.89. The van der Waals surface area contributed by atoms with Gasteiger partial charge in [0.15, 0.2) is 5.69 Å². The standard InChI is InChI=1S/C11H15N3O4/c15-10(9-2-1-5-18-9)12-3-4-14-6-8(11(16)17)13-7-14/h6-7,9H,1-5H2,(H,12,15)(H,16,17)/t9-/m1/s1. The topological polar surface area (TPSA) is 93.5 Å². The van der Waals surface area contributed by atoms with Crippen molar-refractivity contribution in [2.24, 2.45) is 0 Å². The summed E-state index contributed by atoms with van der Waals surface area (Å²) in [7, 11) is 0. The van der Waals surface area contributed by atoms with Crippen molar-refractivity contribution in [2.45, 2.75) is 25.5 Å². The Morgan fingerprint density at radius 3 is 3.06 bits per heavy atom. The second-order valence-electron chi connectivity index (χ2n) is 4.09. The van der Waals surface area contributed by atoms with Crippen molar-refractivity contribution in [3.05, 3.63) is 18.2 Å². The highest BCUT2D eigenvalue weighted by molar-refractivity contribution is 5.84. The summed E-state index contributed by atoms with van der Waals surface area (Å²) < 4.78 is 6.87. The summed E-state index contributed by atoms with van der Waals surface area (Å²) in [6, 6.07) is 0. The van der Waals surface area contributed by atoms with Gasteiger partial charge in [0.1, 0.15) is 6.10 Å². The highest BCUT2D eigenvalue weighted by Crippen LogP contribution is 2.11. The number of carbonyl (C=O) groups excluding carboxylic acids is 1. The van der Waals surface area contributed by atoms with Crippen molar-refractivity contribution in [3.63, 3.8) is 0 Å². The Morgan fingerprint density at radius 2 is 2.44 bits per heavy atom. The number of carboxylic acids is 1. The summed E-state index contributed by atoms with van der Waals surface area (Å²) in [6.07, 6.45) is 4.21. The molecule has 0 saturated carbocycles. The van der Waals surface area contributed by atoms with Gasteiger partial charge in [-0.2, -0.15) is 0 Å². The molecule has 1 saturated heterocycles. The van der Waals surface area contributed by atoms with Crippen LogP contribution in [0.3, 0.4) is 0 Å². The van der Waals surface area contributed by atoms with E-state index < -0.39 is 5.97 Å². The largest absolute Gasteiger partial charge is 0.476 e. The van der Waals surface area contributed by atoms with Gasteiger partial charge in [-0.15, -0.1) is 0 Å². The number of imidazole rings is 1. The maximum atomic E-state index is 11.6. The third kappa shape index (κ3) is 3.07. The second kappa shape index (κ2) is 5.63. The van der Waals surface area contributed by atoms with Gasteiger partial charge in [-0.05, 0) is 12.8 Å². The smallest absolute Gasteiger partial charge is 0.356 e. The summed E-state index contributed by atoms with van der Waals surface area (Å²) in [4.78, 5) is 25.9. The molecule has 1 fully saturated rings. The van der Waals surface area contributed by atoms with Crippen molar-refractivity contribution in [2.75, 3.05) is 13.2 Å². The van der Waals surface area contributed by atoms with Gasteiger partial charge < -0.3 is 19.7 Å². The van der Waals surface area contributed by atoms with Crippen LogP contribution in [0.5, 0.6) is 0 Å². The lowest BCUT2D eigenvalue weighted by atomic mass is 10.2. The highest BCUT2D eigenvalue weighted by atomic mass is 16.5. The molecule has 2 rings (SSSR count). The van der Waals surface area contributed by atoms with E-state index in [1.807, 2.05) is 0 Å². The number of aromatic carboxylic acids is 1. The summed E-state index contributed by atoms with van der Waals surface area (Å²) in [5.41, 5.74) is 0.000419. The lowest BCUT2D eigenvalue weighted by molar-refractivity contribution is -0.130. The van der Waals surface area contributed by atoms with E-state index in [0.29, 0.717) is 19.7 Å². The minimum atomic E-state index is -1.06. The molecule has 0 bridgehead atoms. The average Bonchev–Trinajstić information content (AvgIpc) is 3.00. The molecule has 1 aliphatic heterocycles. The Morgan fingerprint density at radius 1 is 1.61 bits per heavy atom. The van der Waals surface area contributed by atoms with E-state index in [0.717, 1.165) is 12.8 Å². The molecule has 1 amide bonds. The van der Waals surface area contributed by atoms with Crippen LogP contribution in [0.25, 0.3) is 0 Å². The van der Waals surface area contributed by atoms with Crippen LogP contribution >= 0.6 is 0 Å². The van der Waals surface area contributed by atoms with Crippen LogP contribution < -0.4 is 5.32 Å². The molecule has 18 heavy (non-hydrogen) atoms. The third-order valence-electron chi connectivity index (χ3n) is 2.74. The molecule has 7 heteroatoms. The molecule has 1 atom stereocenters. The van der Waals surface area contributed by atoms with Crippen molar-refractivity contribution in [1.29, 1.82) is 0 Å². The average molecular weight is 253 g/mol. The molecule has 2 heterocycles. The predicted octanol–water partition coefficient (Wildman–Crippen LogP) is -0.124. The lowest BCUT2D eigenvalue weighted by Gasteiger charge is -2.10. The number of aromatic nitrogens is 2. The van der Waals surface area contributed by atoms with Crippen molar-refractivity contribution in [1.82, 2.24) is 14.9 Å². The summed E-state index contributed by atoms with van der Waals surface area (Å²) in [6.45, 7) is 1.55. The second-order valence-corrected chi connectivity index (χ2v) is 4.09. The first kappa shape index (κ1) is 12.6. The molecule has 0 aliphatic carbocycles. The number of rotatable bonds is 5. The van der Waals surface area contributed by atoms with E-state index in [4.69, 9.17) is 9.84 Å². The van der Waals surface area contributed by atoms with Gasteiger partial charge in [-0.3, -0.25) is 4.79 Å². The molecule has 0 spiro atoms.